The van der Waals surface area contributed by atoms with E-state index in [4.69, 9.17) is 0 Å². The van der Waals surface area contributed by atoms with Gasteiger partial charge in [-0.15, -0.1) is 24.8 Å². The van der Waals surface area contributed by atoms with E-state index in [-0.39, 0.29) is 24.8 Å². The number of hydrogen-bond donors (Lipinski definition) is 0. The Labute approximate surface area is 148 Å². The summed E-state index contributed by atoms with van der Waals surface area (Å²) in [6, 6.07) is 9.21. The summed E-state index contributed by atoms with van der Waals surface area (Å²) in [5.74, 6) is 0.826. The van der Waals surface area contributed by atoms with Gasteiger partial charge >= 0.3 is 0 Å². The SMILES string of the molecule is CN1CCN(Cc2ccccc2C2CCCCC2)CC1.Cl.Cl. The van der Waals surface area contributed by atoms with E-state index < -0.39 is 0 Å². The van der Waals surface area contributed by atoms with Crippen LogP contribution in [-0.4, -0.2) is 43.0 Å². The lowest BCUT2D eigenvalue weighted by atomic mass is 9.82. The quantitative estimate of drug-likeness (QED) is 0.805. The Morgan fingerprint density at radius 1 is 0.909 bits per heavy atom. The van der Waals surface area contributed by atoms with Crippen LogP contribution in [0.4, 0.5) is 0 Å². The van der Waals surface area contributed by atoms with Gasteiger partial charge in [0.15, 0.2) is 0 Å². The first-order valence-electron chi connectivity index (χ1n) is 8.31. The van der Waals surface area contributed by atoms with Gasteiger partial charge in [-0.1, -0.05) is 43.5 Å². The van der Waals surface area contributed by atoms with Gasteiger partial charge in [0, 0.05) is 32.7 Å². The molecule has 0 unspecified atom stereocenters. The van der Waals surface area contributed by atoms with Gasteiger partial charge in [-0.05, 0) is 36.9 Å². The molecule has 0 atom stereocenters. The lowest BCUT2D eigenvalue weighted by Gasteiger charge is -2.33. The summed E-state index contributed by atoms with van der Waals surface area (Å²) in [5, 5.41) is 0. The van der Waals surface area contributed by atoms with E-state index in [0.717, 1.165) is 12.5 Å². The minimum absolute atomic E-state index is 0. The van der Waals surface area contributed by atoms with Crippen molar-refractivity contribution in [3.05, 3.63) is 35.4 Å². The molecule has 4 heteroatoms. The first-order chi connectivity index (χ1) is 9.83. The molecule has 0 bridgehead atoms. The Balaban J connectivity index is 0.00000121. The van der Waals surface area contributed by atoms with Crippen molar-refractivity contribution in [3.63, 3.8) is 0 Å². The van der Waals surface area contributed by atoms with Crippen molar-refractivity contribution in [2.45, 2.75) is 44.6 Å². The van der Waals surface area contributed by atoms with Crippen LogP contribution >= 0.6 is 24.8 Å². The van der Waals surface area contributed by atoms with Gasteiger partial charge in [-0.25, -0.2) is 0 Å². The number of rotatable bonds is 3. The van der Waals surface area contributed by atoms with E-state index >= 15 is 0 Å². The Morgan fingerprint density at radius 3 is 2.23 bits per heavy atom. The Bertz CT molecular complexity index is 425. The zero-order chi connectivity index (χ0) is 13.8. The van der Waals surface area contributed by atoms with Crippen LogP contribution in [0.5, 0.6) is 0 Å². The topological polar surface area (TPSA) is 6.48 Å². The Morgan fingerprint density at radius 2 is 1.55 bits per heavy atom. The van der Waals surface area contributed by atoms with E-state index in [0.29, 0.717) is 0 Å². The number of benzene rings is 1. The largest absolute Gasteiger partial charge is 0.304 e. The molecule has 126 valence electrons. The van der Waals surface area contributed by atoms with E-state index in [2.05, 4.69) is 41.1 Å². The number of nitrogens with zero attached hydrogens (tertiary/aromatic N) is 2. The summed E-state index contributed by atoms with van der Waals surface area (Å²) in [4.78, 5) is 5.06. The van der Waals surface area contributed by atoms with Crippen molar-refractivity contribution in [2.24, 2.45) is 0 Å². The van der Waals surface area contributed by atoms with Crippen LogP contribution in [0.3, 0.4) is 0 Å². The average Bonchev–Trinajstić information content (AvgIpc) is 2.51. The molecule has 1 aromatic rings. The molecule has 1 heterocycles. The van der Waals surface area contributed by atoms with Gasteiger partial charge in [0.05, 0.1) is 0 Å². The zero-order valence-electron chi connectivity index (χ0n) is 13.7. The second-order valence-electron chi connectivity index (χ2n) is 6.61. The highest BCUT2D eigenvalue weighted by Gasteiger charge is 2.20. The zero-order valence-corrected chi connectivity index (χ0v) is 15.3. The number of halogens is 2. The average molecular weight is 345 g/mol. The van der Waals surface area contributed by atoms with E-state index in [1.807, 2.05) is 0 Å². The molecule has 3 rings (SSSR count). The molecule has 0 amide bonds. The molecule has 1 aliphatic heterocycles. The van der Waals surface area contributed by atoms with E-state index in [1.165, 1.54) is 58.3 Å². The molecule has 0 radical (unpaired) electrons. The molecule has 2 aliphatic rings. The summed E-state index contributed by atoms with van der Waals surface area (Å²) in [7, 11) is 2.23. The molecule has 1 aromatic carbocycles. The lowest BCUT2D eigenvalue weighted by Crippen LogP contribution is -2.44. The maximum atomic E-state index is 2.63. The fourth-order valence-electron chi connectivity index (χ4n) is 3.74. The molecule has 2 fully saturated rings. The summed E-state index contributed by atoms with van der Waals surface area (Å²) >= 11 is 0. The highest BCUT2D eigenvalue weighted by atomic mass is 35.5. The Hall–Kier alpha value is -0.280. The van der Waals surface area contributed by atoms with E-state index in [1.54, 1.807) is 11.1 Å². The van der Waals surface area contributed by atoms with Crippen molar-refractivity contribution in [1.29, 1.82) is 0 Å². The highest BCUT2D eigenvalue weighted by molar-refractivity contribution is 5.85. The van der Waals surface area contributed by atoms with Gasteiger partial charge in [0.25, 0.3) is 0 Å². The normalized spacial score (nSPS) is 21.0. The second-order valence-corrected chi connectivity index (χ2v) is 6.61. The van der Waals surface area contributed by atoms with Crippen LogP contribution in [0.1, 0.15) is 49.1 Å². The summed E-state index contributed by atoms with van der Waals surface area (Å²) in [6.45, 7) is 6.02. The van der Waals surface area contributed by atoms with Crippen molar-refractivity contribution in [3.8, 4) is 0 Å². The molecule has 0 N–H and O–H groups in total. The third kappa shape index (κ3) is 5.13. The smallest absolute Gasteiger partial charge is 0.0237 e. The predicted octanol–water partition coefficient (Wildman–Crippen LogP) is 4.33. The molecule has 2 nitrogen and oxygen atoms in total. The van der Waals surface area contributed by atoms with Gasteiger partial charge in [-0.3, -0.25) is 4.90 Å². The van der Waals surface area contributed by atoms with Crippen LogP contribution in [0.25, 0.3) is 0 Å². The van der Waals surface area contributed by atoms with E-state index in [9.17, 15) is 0 Å². The van der Waals surface area contributed by atoms with Crippen LogP contribution < -0.4 is 0 Å². The van der Waals surface area contributed by atoms with Crippen molar-refractivity contribution in [1.82, 2.24) is 9.80 Å². The number of hydrogen-bond acceptors (Lipinski definition) is 2. The van der Waals surface area contributed by atoms with Crippen LogP contribution in [0, 0.1) is 0 Å². The summed E-state index contributed by atoms with van der Waals surface area (Å²) in [5.41, 5.74) is 3.23. The van der Waals surface area contributed by atoms with Gasteiger partial charge in [0.2, 0.25) is 0 Å². The molecule has 1 saturated carbocycles. The molecule has 1 saturated heterocycles. The lowest BCUT2D eigenvalue weighted by molar-refractivity contribution is 0.147. The van der Waals surface area contributed by atoms with Crippen molar-refractivity contribution < 1.29 is 0 Å². The molecule has 0 spiro atoms. The first kappa shape index (κ1) is 19.8. The standard InChI is InChI=1S/C18H28N2.2ClH/c1-19-11-13-20(14-12-19)15-17-9-5-6-10-18(17)16-7-3-2-4-8-16;;/h5-6,9-10,16H,2-4,7-8,11-15H2,1H3;2*1H. The maximum absolute atomic E-state index is 2.63. The van der Waals surface area contributed by atoms with Crippen LogP contribution in [0.15, 0.2) is 24.3 Å². The second kappa shape index (κ2) is 9.77. The minimum atomic E-state index is 0. The molecular formula is C18H30Cl2N2. The minimum Gasteiger partial charge on any atom is -0.304 e. The van der Waals surface area contributed by atoms with Crippen LogP contribution in [0.2, 0.25) is 0 Å². The molecule has 1 aliphatic carbocycles. The van der Waals surface area contributed by atoms with Gasteiger partial charge in [-0.2, -0.15) is 0 Å². The number of likely N-dealkylation sites (N-methyl/N-ethyl adjacent to an activating group) is 1. The molecule has 22 heavy (non-hydrogen) atoms. The van der Waals surface area contributed by atoms with Crippen LogP contribution in [-0.2, 0) is 6.54 Å². The monoisotopic (exact) mass is 344 g/mol. The van der Waals surface area contributed by atoms with Gasteiger partial charge < -0.3 is 4.90 Å². The Kier molecular flexibility index (Phi) is 8.78. The predicted molar refractivity (Wildman–Crippen MR) is 99.5 cm³/mol. The fourth-order valence-corrected chi connectivity index (χ4v) is 3.74. The highest BCUT2D eigenvalue weighted by Crippen LogP contribution is 2.34. The number of piperazine rings is 1. The summed E-state index contributed by atoms with van der Waals surface area (Å²) in [6.07, 6.45) is 7.09. The van der Waals surface area contributed by atoms with Crippen molar-refractivity contribution in [2.75, 3.05) is 33.2 Å². The van der Waals surface area contributed by atoms with Gasteiger partial charge in [0.1, 0.15) is 0 Å². The maximum Gasteiger partial charge on any atom is 0.0237 e. The third-order valence-electron chi connectivity index (χ3n) is 5.09. The fraction of sp³-hybridized carbons (Fsp3) is 0.667. The van der Waals surface area contributed by atoms with Crippen molar-refractivity contribution >= 4 is 24.8 Å². The first-order valence-corrected chi connectivity index (χ1v) is 8.31. The molecule has 0 aromatic heterocycles. The summed E-state index contributed by atoms with van der Waals surface area (Å²) < 4.78 is 0. The molecular weight excluding hydrogens is 315 g/mol. The third-order valence-corrected chi connectivity index (χ3v) is 5.09.